The number of benzene rings is 1. The highest BCUT2D eigenvalue weighted by Crippen LogP contribution is 2.23. The molecule has 0 aliphatic carbocycles. The second kappa shape index (κ2) is 6.11. The van der Waals surface area contributed by atoms with Crippen molar-refractivity contribution in [3.05, 3.63) is 44.8 Å². The van der Waals surface area contributed by atoms with Gasteiger partial charge in [-0.05, 0) is 24.1 Å². The molecule has 0 atom stereocenters. The van der Waals surface area contributed by atoms with E-state index in [-0.39, 0.29) is 5.75 Å². The maximum atomic E-state index is 9.53. The van der Waals surface area contributed by atoms with Crippen LogP contribution in [0.3, 0.4) is 0 Å². The molecule has 1 aromatic rings. The van der Waals surface area contributed by atoms with Crippen molar-refractivity contribution in [1.82, 2.24) is 0 Å². The Balaban J connectivity index is 2.60. The second-order valence-corrected chi connectivity index (χ2v) is 3.76. The quantitative estimate of drug-likeness (QED) is 0.383. The summed E-state index contributed by atoms with van der Waals surface area (Å²) in [5.41, 5.74) is 8.80. The number of phenolic OH excluding ortho intramolecular Hbond substituents is 1. The number of hydrogen-bond acceptors (Lipinski definition) is 2. The monoisotopic (exact) mass is 267 g/mol. The molecule has 0 aliphatic rings. The summed E-state index contributed by atoms with van der Waals surface area (Å²) in [6, 6.07) is 5.30. The maximum absolute atomic E-state index is 9.53. The zero-order valence-corrected chi connectivity index (χ0v) is 9.55. The Labute approximate surface area is 96.0 Å². The number of nitrogens with zero attached hydrogens (tertiary/aromatic N) is 3. The van der Waals surface area contributed by atoms with Crippen LogP contribution < -0.4 is 0 Å². The van der Waals surface area contributed by atoms with Gasteiger partial charge in [-0.1, -0.05) is 39.3 Å². The van der Waals surface area contributed by atoms with Crippen molar-refractivity contribution < 1.29 is 5.11 Å². The van der Waals surface area contributed by atoms with E-state index in [4.69, 9.17) is 5.53 Å². The van der Waals surface area contributed by atoms with Crippen LogP contribution in [0.4, 0.5) is 0 Å². The van der Waals surface area contributed by atoms with Gasteiger partial charge in [0.05, 0.1) is 0 Å². The molecule has 5 heteroatoms. The molecule has 15 heavy (non-hydrogen) atoms. The molecule has 0 radical (unpaired) electrons. The van der Waals surface area contributed by atoms with E-state index >= 15 is 0 Å². The molecule has 0 aliphatic heterocycles. The molecule has 0 unspecified atom stereocenters. The largest absolute Gasteiger partial charge is 0.507 e. The number of halogens is 1. The number of azide groups is 1. The average molecular weight is 268 g/mol. The fourth-order valence-corrected chi connectivity index (χ4v) is 1.39. The van der Waals surface area contributed by atoms with Crippen LogP contribution in [0.25, 0.3) is 16.5 Å². The maximum Gasteiger partial charge on any atom is 0.123 e. The van der Waals surface area contributed by atoms with E-state index in [1.807, 2.05) is 18.2 Å². The van der Waals surface area contributed by atoms with E-state index in [2.05, 4.69) is 26.0 Å². The van der Waals surface area contributed by atoms with Crippen LogP contribution in [0.15, 0.2) is 33.9 Å². The minimum Gasteiger partial charge on any atom is -0.507 e. The van der Waals surface area contributed by atoms with Gasteiger partial charge in [-0.2, -0.15) is 0 Å². The van der Waals surface area contributed by atoms with Gasteiger partial charge in [0, 0.05) is 21.5 Å². The van der Waals surface area contributed by atoms with E-state index in [9.17, 15) is 5.11 Å². The zero-order chi connectivity index (χ0) is 11.1. The van der Waals surface area contributed by atoms with Crippen molar-refractivity contribution in [2.75, 3.05) is 6.54 Å². The number of aromatic hydroxyl groups is 1. The molecule has 0 amide bonds. The predicted molar refractivity (Wildman–Crippen MR) is 63.5 cm³/mol. The van der Waals surface area contributed by atoms with Gasteiger partial charge < -0.3 is 5.11 Å². The molecular weight excluding hydrogens is 258 g/mol. The van der Waals surface area contributed by atoms with Crippen molar-refractivity contribution in [3.8, 4) is 5.75 Å². The Hall–Kier alpha value is -1.45. The van der Waals surface area contributed by atoms with Gasteiger partial charge in [0.15, 0.2) is 0 Å². The van der Waals surface area contributed by atoms with Crippen molar-refractivity contribution in [2.45, 2.75) is 6.42 Å². The molecule has 0 fully saturated rings. The van der Waals surface area contributed by atoms with Crippen LogP contribution in [0.1, 0.15) is 12.0 Å². The highest BCUT2D eigenvalue weighted by molar-refractivity contribution is 9.10. The predicted octanol–water partition coefficient (Wildman–Crippen LogP) is 3.87. The third-order valence-electron chi connectivity index (χ3n) is 1.75. The molecule has 0 heterocycles. The summed E-state index contributed by atoms with van der Waals surface area (Å²) in [6.07, 6.45) is 4.33. The lowest BCUT2D eigenvalue weighted by Crippen LogP contribution is -1.76. The summed E-state index contributed by atoms with van der Waals surface area (Å²) < 4.78 is 0.839. The zero-order valence-electron chi connectivity index (χ0n) is 7.97. The lowest BCUT2D eigenvalue weighted by molar-refractivity contribution is 0.473. The van der Waals surface area contributed by atoms with Crippen LogP contribution in [0.2, 0.25) is 0 Å². The molecule has 0 aromatic heterocycles. The first-order valence-corrected chi connectivity index (χ1v) is 5.19. The highest BCUT2D eigenvalue weighted by atomic mass is 79.9. The van der Waals surface area contributed by atoms with Crippen molar-refractivity contribution in [2.24, 2.45) is 5.11 Å². The third kappa shape index (κ3) is 4.06. The van der Waals surface area contributed by atoms with E-state index in [1.54, 1.807) is 12.1 Å². The van der Waals surface area contributed by atoms with E-state index in [1.165, 1.54) is 0 Å². The lowest BCUT2D eigenvalue weighted by atomic mass is 10.2. The summed E-state index contributed by atoms with van der Waals surface area (Å²) >= 11 is 3.26. The standard InChI is InChI=1S/C10H10BrN3O/c11-9-5-4-8(10(15)7-9)3-1-2-6-13-14-12/h1,3-5,7,15H,2,6H2. The fourth-order valence-electron chi connectivity index (χ4n) is 1.05. The Kier molecular flexibility index (Phi) is 4.74. The van der Waals surface area contributed by atoms with Gasteiger partial charge in [-0.15, -0.1) is 0 Å². The minimum absolute atomic E-state index is 0.226. The first kappa shape index (κ1) is 11.6. The fraction of sp³-hybridized carbons (Fsp3) is 0.200. The number of phenols is 1. The van der Waals surface area contributed by atoms with Gasteiger partial charge in [-0.25, -0.2) is 0 Å². The average Bonchev–Trinajstić information content (AvgIpc) is 2.20. The smallest absolute Gasteiger partial charge is 0.123 e. The number of hydrogen-bond donors (Lipinski definition) is 1. The summed E-state index contributed by atoms with van der Waals surface area (Å²) in [5.74, 6) is 0.226. The van der Waals surface area contributed by atoms with Gasteiger partial charge in [0.25, 0.3) is 0 Å². The molecule has 0 spiro atoms. The third-order valence-corrected chi connectivity index (χ3v) is 2.24. The van der Waals surface area contributed by atoms with E-state index in [0.29, 0.717) is 13.0 Å². The van der Waals surface area contributed by atoms with Gasteiger partial charge in [-0.3, -0.25) is 0 Å². The van der Waals surface area contributed by atoms with E-state index in [0.717, 1.165) is 10.0 Å². The van der Waals surface area contributed by atoms with Crippen LogP contribution in [0, 0.1) is 0 Å². The number of rotatable bonds is 4. The molecule has 0 saturated heterocycles. The first-order valence-electron chi connectivity index (χ1n) is 4.40. The van der Waals surface area contributed by atoms with Crippen molar-refractivity contribution in [1.29, 1.82) is 0 Å². The summed E-state index contributed by atoms with van der Waals surface area (Å²) in [4.78, 5) is 2.64. The minimum atomic E-state index is 0.226. The second-order valence-electron chi connectivity index (χ2n) is 2.85. The molecule has 1 aromatic carbocycles. The summed E-state index contributed by atoms with van der Waals surface area (Å²) in [5, 5.41) is 12.9. The topological polar surface area (TPSA) is 69.0 Å². The Morgan fingerprint density at radius 2 is 2.33 bits per heavy atom. The lowest BCUT2D eigenvalue weighted by Gasteiger charge is -1.98. The Morgan fingerprint density at radius 3 is 3.00 bits per heavy atom. The molecule has 4 nitrogen and oxygen atoms in total. The molecule has 0 bridgehead atoms. The van der Waals surface area contributed by atoms with Gasteiger partial charge in [0.1, 0.15) is 5.75 Å². The highest BCUT2D eigenvalue weighted by Gasteiger charge is 1.96. The van der Waals surface area contributed by atoms with Gasteiger partial charge >= 0.3 is 0 Å². The first-order chi connectivity index (χ1) is 7.24. The molecular formula is C10H10BrN3O. The normalized spacial score (nSPS) is 10.2. The van der Waals surface area contributed by atoms with Crippen LogP contribution in [0.5, 0.6) is 5.75 Å². The SMILES string of the molecule is [N-]=[N+]=NCCC=Cc1ccc(Br)cc1O. The molecule has 1 N–H and O–H groups in total. The van der Waals surface area contributed by atoms with E-state index < -0.39 is 0 Å². The van der Waals surface area contributed by atoms with Crippen LogP contribution in [-0.2, 0) is 0 Å². The molecule has 0 saturated carbocycles. The Bertz CT molecular complexity index is 411. The van der Waals surface area contributed by atoms with Crippen molar-refractivity contribution in [3.63, 3.8) is 0 Å². The summed E-state index contributed by atoms with van der Waals surface area (Å²) in [7, 11) is 0. The Morgan fingerprint density at radius 1 is 1.53 bits per heavy atom. The van der Waals surface area contributed by atoms with Crippen LogP contribution in [-0.4, -0.2) is 11.7 Å². The summed E-state index contributed by atoms with van der Waals surface area (Å²) in [6.45, 7) is 0.435. The van der Waals surface area contributed by atoms with Crippen LogP contribution >= 0.6 is 15.9 Å². The molecule has 1 rings (SSSR count). The molecule has 78 valence electrons. The van der Waals surface area contributed by atoms with Gasteiger partial charge in [0.2, 0.25) is 0 Å². The van der Waals surface area contributed by atoms with Crippen molar-refractivity contribution >= 4 is 22.0 Å².